The van der Waals surface area contributed by atoms with Crippen LogP contribution in [0.4, 0.5) is 5.69 Å². The number of carbonyl (C=O) groups is 2. The number of anilines is 1. The van der Waals surface area contributed by atoms with Crippen molar-refractivity contribution in [2.45, 2.75) is 38.1 Å². The van der Waals surface area contributed by atoms with Crippen LogP contribution in [-0.2, 0) is 11.2 Å². The lowest BCUT2D eigenvalue weighted by Crippen LogP contribution is -2.25. The SMILES string of the molecule is O=C(CCCc1ncc(-c2ccccc2)o1)Nc1ccc(C(=O)NC2CC2)c(Cl)c1. The molecule has 7 heteroatoms. The van der Waals surface area contributed by atoms with E-state index in [4.69, 9.17) is 16.0 Å². The monoisotopic (exact) mass is 423 g/mol. The maximum atomic E-state index is 12.2. The molecule has 0 saturated heterocycles. The van der Waals surface area contributed by atoms with Gasteiger partial charge in [-0.3, -0.25) is 9.59 Å². The fourth-order valence-electron chi connectivity index (χ4n) is 3.05. The Bertz CT molecular complexity index is 1040. The van der Waals surface area contributed by atoms with Crippen LogP contribution in [0.5, 0.6) is 0 Å². The van der Waals surface area contributed by atoms with Crippen LogP contribution >= 0.6 is 11.6 Å². The van der Waals surface area contributed by atoms with Gasteiger partial charge in [-0.1, -0.05) is 41.9 Å². The lowest BCUT2D eigenvalue weighted by Gasteiger charge is -2.09. The van der Waals surface area contributed by atoms with Gasteiger partial charge < -0.3 is 15.1 Å². The molecule has 0 radical (unpaired) electrons. The maximum absolute atomic E-state index is 12.2. The summed E-state index contributed by atoms with van der Waals surface area (Å²) in [6.07, 6.45) is 5.23. The number of rotatable bonds is 8. The van der Waals surface area contributed by atoms with E-state index in [1.807, 2.05) is 30.3 Å². The van der Waals surface area contributed by atoms with Gasteiger partial charge in [-0.25, -0.2) is 4.98 Å². The van der Waals surface area contributed by atoms with Crippen LogP contribution < -0.4 is 10.6 Å². The molecular formula is C23H22ClN3O3. The number of nitrogens with one attached hydrogen (secondary N) is 2. The molecule has 1 aliphatic carbocycles. The van der Waals surface area contributed by atoms with Crippen LogP contribution in [0.1, 0.15) is 41.9 Å². The highest BCUT2D eigenvalue weighted by Crippen LogP contribution is 2.24. The molecule has 2 aromatic carbocycles. The number of benzene rings is 2. The molecule has 1 aliphatic rings. The third-order valence-corrected chi connectivity index (χ3v) is 5.13. The topological polar surface area (TPSA) is 84.2 Å². The van der Waals surface area contributed by atoms with Gasteiger partial charge in [0.1, 0.15) is 0 Å². The number of oxazole rings is 1. The Morgan fingerprint density at radius 1 is 1.13 bits per heavy atom. The molecule has 0 spiro atoms. The summed E-state index contributed by atoms with van der Waals surface area (Å²) < 4.78 is 5.75. The van der Waals surface area contributed by atoms with Gasteiger partial charge in [0.15, 0.2) is 11.7 Å². The Labute approximate surface area is 179 Å². The van der Waals surface area contributed by atoms with Crippen molar-refractivity contribution >= 4 is 29.1 Å². The molecule has 4 rings (SSSR count). The van der Waals surface area contributed by atoms with Gasteiger partial charge >= 0.3 is 0 Å². The average Bonchev–Trinajstić information content (AvgIpc) is 3.42. The van der Waals surface area contributed by atoms with Crippen molar-refractivity contribution in [3.05, 3.63) is 71.2 Å². The second-order valence-electron chi connectivity index (χ2n) is 7.33. The minimum Gasteiger partial charge on any atom is -0.441 e. The molecule has 1 aromatic heterocycles. The molecule has 6 nitrogen and oxygen atoms in total. The van der Waals surface area contributed by atoms with E-state index in [-0.39, 0.29) is 17.9 Å². The van der Waals surface area contributed by atoms with Crippen LogP contribution in [0.3, 0.4) is 0 Å². The third-order valence-electron chi connectivity index (χ3n) is 4.82. The highest BCUT2D eigenvalue weighted by atomic mass is 35.5. The number of carbonyl (C=O) groups excluding carboxylic acids is 2. The van der Waals surface area contributed by atoms with Gasteiger partial charge in [-0.05, 0) is 37.5 Å². The number of hydrogen-bond acceptors (Lipinski definition) is 4. The standard InChI is InChI=1S/C23H22ClN3O3/c24-19-13-17(11-12-18(19)23(29)27-16-9-10-16)26-21(28)7-4-8-22-25-14-20(30-22)15-5-2-1-3-6-15/h1-3,5-6,11-14,16H,4,7-10H2,(H,26,28)(H,27,29). The first-order valence-electron chi connectivity index (χ1n) is 9.99. The van der Waals surface area contributed by atoms with Crippen molar-refractivity contribution in [3.8, 4) is 11.3 Å². The predicted octanol–water partition coefficient (Wildman–Crippen LogP) is 4.85. The lowest BCUT2D eigenvalue weighted by atomic mass is 10.1. The lowest BCUT2D eigenvalue weighted by molar-refractivity contribution is -0.116. The van der Waals surface area contributed by atoms with Crippen LogP contribution in [0.2, 0.25) is 5.02 Å². The molecule has 1 fully saturated rings. The minimum absolute atomic E-state index is 0.129. The molecule has 154 valence electrons. The van der Waals surface area contributed by atoms with E-state index in [1.165, 1.54) is 0 Å². The van der Waals surface area contributed by atoms with Gasteiger partial charge in [0.2, 0.25) is 5.91 Å². The van der Waals surface area contributed by atoms with Crippen LogP contribution in [0, 0.1) is 0 Å². The Morgan fingerprint density at radius 3 is 2.67 bits per heavy atom. The Hall–Kier alpha value is -3.12. The summed E-state index contributed by atoms with van der Waals surface area (Å²) in [5, 5.41) is 6.03. The number of halogens is 1. The van der Waals surface area contributed by atoms with Crippen LogP contribution in [-0.4, -0.2) is 22.8 Å². The van der Waals surface area contributed by atoms with Gasteiger partial charge in [0, 0.05) is 30.1 Å². The van der Waals surface area contributed by atoms with Crippen LogP contribution in [0.15, 0.2) is 59.1 Å². The fraction of sp³-hybridized carbons (Fsp3) is 0.261. The van der Waals surface area contributed by atoms with Crippen molar-refractivity contribution in [1.82, 2.24) is 10.3 Å². The van der Waals surface area contributed by atoms with Crippen molar-refractivity contribution < 1.29 is 14.0 Å². The second kappa shape index (κ2) is 9.13. The Kier molecular flexibility index (Phi) is 6.14. The van der Waals surface area contributed by atoms with Crippen molar-refractivity contribution in [3.63, 3.8) is 0 Å². The molecular weight excluding hydrogens is 402 g/mol. The quantitative estimate of drug-likeness (QED) is 0.542. The van der Waals surface area contributed by atoms with Crippen molar-refractivity contribution in [1.29, 1.82) is 0 Å². The number of hydrogen-bond donors (Lipinski definition) is 2. The van der Waals surface area contributed by atoms with Crippen molar-refractivity contribution in [2.75, 3.05) is 5.32 Å². The van der Waals surface area contributed by atoms with E-state index in [2.05, 4.69) is 15.6 Å². The van der Waals surface area contributed by atoms with Crippen molar-refractivity contribution in [2.24, 2.45) is 0 Å². The molecule has 0 unspecified atom stereocenters. The zero-order valence-corrected chi connectivity index (χ0v) is 17.1. The third kappa shape index (κ3) is 5.27. The summed E-state index contributed by atoms with van der Waals surface area (Å²) >= 11 is 6.22. The molecule has 3 aromatic rings. The molecule has 1 heterocycles. The smallest absolute Gasteiger partial charge is 0.253 e. The average molecular weight is 424 g/mol. The van der Waals surface area contributed by atoms with Gasteiger partial charge in [0.25, 0.3) is 5.91 Å². The normalized spacial score (nSPS) is 13.1. The van der Waals surface area contributed by atoms with E-state index >= 15 is 0 Å². The number of amides is 2. The summed E-state index contributed by atoms with van der Waals surface area (Å²) in [4.78, 5) is 28.6. The van der Waals surface area contributed by atoms with E-state index < -0.39 is 0 Å². The molecule has 0 bridgehead atoms. The Morgan fingerprint density at radius 2 is 1.93 bits per heavy atom. The zero-order valence-electron chi connectivity index (χ0n) is 16.4. The van der Waals surface area contributed by atoms with E-state index in [1.54, 1.807) is 24.4 Å². The Balaban J connectivity index is 1.25. The highest BCUT2D eigenvalue weighted by molar-refractivity contribution is 6.34. The summed E-state index contributed by atoms with van der Waals surface area (Å²) in [5.74, 6) is 1.02. The largest absolute Gasteiger partial charge is 0.441 e. The van der Waals surface area contributed by atoms with E-state index in [0.717, 1.165) is 24.2 Å². The highest BCUT2D eigenvalue weighted by Gasteiger charge is 2.24. The first kappa shape index (κ1) is 20.2. The number of nitrogens with zero attached hydrogens (tertiary/aromatic N) is 1. The molecule has 0 aliphatic heterocycles. The first-order chi connectivity index (χ1) is 14.6. The van der Waals surface area contributed by atoms with E-state index in [9.17, 15) is 9.59 Å². The summed E-state index contributed by atoms with van der Waals surface area (Å²) in [6.45, 7) is 0. The van der Waals surface area contributed by atoms with E-state index in [0.29, 0.717) is 41.4 Å². The summed E-state index contributed by atoms with van der Waals surface area (Å²) in [6, 6.07) is 14.9. The first-order valence-corrected chi connectivity index (χ1v) is 10.4. The summed E-state index contributed by atoms with van der Waals surface area (Å²) in [7, 11) is 0. The zero-order chi connectivity index (χ0) is 20.9. The number of aromatic nitrogens is 1. The second-order valence-corrected chi connectivity index (χ2v) is 7.74. The molecule has 2 amide bonds. The molecule has 30 heavy (non-hydrogen) atoms. The molecule has 0 atom stereocenters. The maximum Gasteiger partial charge on any atom is 0.253 e. The fourth-order valence-corrected chi connectivity index (χ4v) is 3.32. The minimum atomic E-state index is -0.179. The number of aryl methyl sites for hydroxylation is 1. The van der Waals surface area contributed by atoms with Gasteiger partial charge in [-0.15, -0.1) is 0 Å². The summed E-state index contributed by atoms with van der Waals surface area (Å²) in [5.41, 5.74) is 1.95. The van der Waals surface area contributed by atoms with Gasteiger partial charge in [-0.2, -0.15) is 0 Å². The van der Waals surface area contributed by atoms with Gasteiger partial charge in [0.05, 0.1) is 16.8 Å². The predicted molar refractivity (Wildman–Crippen MR) is 115 cm³/mol. The molecule has 2 N–H and O–H groups in total. The molecule has 1 saturated carbocycles. The van der Waals surface area contributed by atoms with Crippen LogP contribution in [0.25, 0.3) is 11.3 Å².